The fraction of sp³-hybridized carbons (Fsp3) is 0.125. The molecule has 0 spiro atoms. The lowest BCUT2D eigenvalue weighted by Gasteiger charge is -2.14. The standard InChI is InChI=1S/C24H21ClN4O3S/c1-27(2)16-9-11-17(12-10-16)28-13-5-6-18(28)14-21-23(31)29(24(32)33-21)15-22(30)26-20-8-4-3-7-19(20)25/h3-14H,15H2,1-2H3,(H,26,30)/b21-14+. The van der Waals surface area contributed by atoms with Gasteiger partial charge in [0.05, 0.1) is 15.6 Å². The summed E-state index contributed by atoms with van der Waals surface area (Å²) in [5.41, 5.74) is 3.17. The first-order valence-corrected chi connectivity index (χ1v) is 11.3. The first-order valence-electron chi connectivity index (χ1n) is 10.1. The largest absolute Gasteiger partial charge is 0.378 e. The number of halogens is 1. The zero-order valence-corrected chi connectivity index (χ0v) is 19.6. The Morgan fingerprint density at radius 2 is 1.79 bits per heavy atom. The monoisotopic (exact) mass is 480 g/mol. The minimum Gasteiger partial charge on any atom is -0.378 e. The van der Waals surface area contributed by atoms with Crippen LogP contribution in [0.4, 0.5) is 16.2 Å². The predicted octanol–water partition coefficient (Wildman–Crippen LogP) is 4.87. The smallest absolute Gasteiger partial charge is 0.294 e. The van der Waals surface area contributed by atoms with Crippen LogP contribution < -0.4 is 10.2 Å². The predicted molar refractivity (Wildman–Crippen MR) is 133 cm³/mol. The molecule has 1 fully saturated rings. The van der Waals surface area contributed by atoms with Crippen LogP contribution >= 0.6 is 23.4 Å². The second-order valence-corrected chi connectivity index (χ2v) is 8.91. The van der Waals surface area contributed by atoms with Crippen molar-refractivity contribution in [2.24, 2.45) is 0 Å². The zero-order chi connectivity index (χ0) is 23.5. The molecule has 7 nitrogen and oxygen atoms in total. The summed E-state index contributed by atoms with van der Waals surface area (Å²) in [5.74, 6) is -1.01. The van der Waals surface area contributed by atoms with Crippen LogP contribution in [0.15, 0.2) is 71.8 Å². The van der Waals surface area contributed by atoms with Crippen LogP contribution in [-0.2, 0) is 9.59 Å². The quantitative estimate of drug-likeness (QED) is 0.509. The molecule has 3 amide bonds. The third kappa shape index (κ3) is 4.97. The molecule has 0 saturated carbocycles. The van der Waals surface area contributed by atoms with E-state index in [1.807, 2.05) is 66.2 Å². The molecular formula is C24H21ClN4O3S. The number of amides is 3. The van der Waals surface area contributed by atoms with Crippen molar-refractivity contribution >= 4 is 57.9 Å². The van der Waals surface area contributed by atoms with Crippen LogP contribution in [0.1, 0.15) is 5.69 Å². The maximum atomic E-state index is 12.9. The second-order valence-electron chi connectivity index (χ2n) is 7.51. The molecule has 1 saturated heterocycles. The van der Waals surface area contributed by atoms with Gasteiger partial charge in [0.25, 0.3) is 11.1 Å². The van der Waals surface area contributed by atoms with E-state index in [1.54, 1.807) is 30.3 Å². The summed E-state index contributed by atoms with van der Waals surface area (Å²) in [7, 11) is 3.95. The van der Waals surface area contributed by atoms with Gasteiger partial charge in [-0.1, -0.05) is 23.7 Å². The lowest BCUT2D eigenvalue weighted by molar-refractivity contribution is -0.127. The summed E-state index contributed by atoms with van der Waals surface area (Å²) in [6, 6.07) is 18.5. The molecule has 33 heavy (non-hydrogen) atoms. The van der Waals surface area contributed by atoms with Gasteiger partial charge < -0.3 is 14.8 Å². The van der Waals surface area contributed by atoms with Crippen LogP contribution in [0.3, 0.4) is 0 Å². The first-order chi connectivity index (χ1) is 15.8. The fourth-order valence-electron chi connectivity index (χ4n) is 3.32. The van der Waals surface area contributed by atoms with Gasteiger partial charge in [0.15, 0.2) is 0 Å². The molecule has 2 aromatic carbocycles. The number of carbonyl (C=O) groups excluding carboxylic acids is 3. The number of rotatable bonds is 6. The molecule has 0 aliphatic carbocycles. The number of benzene rings is 2. The van der Waals surface area contributed by atoms with Crippen molar-refractivity contribution in [1.29, 1.82) is 0 Å². The van der Waals surface area contributed by atoms with Crippen molar-refractivity contribution in [2.75, 3.05) is 30.9 Å². The lowest BCUT2D eigenvalue weighted by atomic mass is 10.2. The number of nitrogens with one attached hydrogen (secondary N) is 1. The van der Waals surface area contributed by atoms with E-state index in [0.717, 1.165) is 33.7 Å². The Kier molecular flexibility index (Phi) is 6.57. The minimum absolute atomic E-state index is 0.260. The van der Waals surface area contributed by atoms with Crippen LogP contribution in [0, 0.1) is 0 Å². The van der Waals surface area contributed by atoms with Crippen molar-refractivity contribution in [3.05, 3.63) is 82.5 Å². The Hall–Kier alpha value is -3.49. The molecule has 2 heterocycles. The average Bonchev–Trinajstić information content (AvgIpc) is 3.35. The number of nitrogens with zero attached hydrogens (tertiary/aromatic N) is 3. The average molecular weight is 481 g/mol. The lowest BCUT2D eigenvalue weighted by Crippen LogP contribution is -2.36. The van der Waals surface area contributed by atoms with E-state index in [-0.39, 0.29) is 11.4 Å². The fourth-order valence-corrected chi connectivity index (χ4v) is 4.33. The van der Waals surface area contributed by atoms with Crippen LogP contribution in [0.25, 0.3) is 11.8 Å². The first kappa shape index (κ1) is 22.7. The molecule has 0 bridgehead atoms. The van der Waals surface area contributed by atoms with Crippen LogP contribution in [0.5, 0.6) is 0 Å². The van der Waals surface area contributed by atoms with Crippen molar-refractivity contribution < 1.29 is 14.4 Å². The van der Waals surface area contributed by atoms with E-state index in [2.05, 4.69) is 5.32 Å². The highest BCUT2D eigenvalue weighted by molar-refractivity contribution is 8.18. The number of carbonyl (C=O) groups is 3. The van der Waals surface area contributed by atoms with E-state index in [0.29, 0.717) is 10.7 Å². The third-order valence-corrected chi connectivity index (χ3v) is 6.26. The Morgan fingerprint density at radius 3 is 2.48 bits per heavy atom. The zero-order valence-electron chi connectivity index (χ0n) is 18.0. The number of imide groups is 1. The highest BCUT2D eigenvalue weighted by atomic mass is 35.5. The van der Waals surface area contributed by atoms with E-state index in [4.69, 9.17) is 11.6 Å². The molecular weight excluding hydrogens is 460 g/mol. The normalized spacial score (nSPS) is 14.8. The number of aromatic nitrogens is 1. The molecule has 0 unspecified atom stereocenters. The van der Waals surface area contributed by atoms with E-state index >= 15 is 0 Å². The van der Waals surface area contributed by atoms with Crippen LogP contribution in [-0.4, -0.2) is 47.2 Å². The summed E-state index contributed by atoms with van der Waals surface area (Å²) in [5, 5.41) is 2.51. The van der Waals surface area contributed by atoms with Gasteiger partial charge >= 0.3 is 0 Å². The van der Waals surface area contributed by atoms with Gasteiger partial charge in [-0.2, -0.15) is 0 Å². The third-order valence-electron chi connectivity index (χ3n) is 5.03. The maximum Gasteiger partial charge on any atom is 0.294 e. The topological polar surface area (TPSA) is 74.7 Å². The van der Waals surface area contributed by atoms with Gasteiger partial charge in [-0.25, -0.2) is 0 Å². The number of thioether (sulfide) groups is 1. The van der Waals surface area contributed by atoms with Crippen molar-refractivity contribution in [3.63, 3.8) is 0 Å². The van der Waals surface area contributed by atoms with E-state index in [1.165, 1.54) is 0 Å². The molecule has 1 aromatic heterocycles. The molecule has 168 valence electrons. The molecule has 4 rings (SSSR count). The summed E-state index contributed by atoms with van der Waals surface area (Å²) in [4.78, 5) is 40.9. The maximum absolute atomic E-state index is 12.9. The van der Waals surface area contributed by atoms with Gasteiger partial charge in [0, 0.05) is 37.4 Å². The Bertz CT molecular complexity index is 1250. The van der Waals surface area contributed by atoms with Crippen molar-refractivity contribution in [2.45, 2.75) is 0 Å². The van der Waals surface area contributed by atoms with Crippen LogP contribution in [0.2, 0.25) is 5.02 Å². The van der Waals surface area contributed by atoms with Gasteiger partial charge in [0.2, 0.25) is 5.91 Å². The number of anilines is 2. The van der Waals surface area contributed by atoms with Gasteiger partial charge in [-0.3, -0.25) is 19.3 Å². The summed E-state index contributed by atoms with van der Waals surface area (Å²) in [6.07, 6.45) is 3.55. The summed E-state index contributed by atoms with van der Waals surface area (Å²) < 4.78 is 1.93. The Morgan fingerprint density at radius 1 is 1.06 bits per heavy atom. The van der Waals surface area contributed by atoms with Gasteiger partial charge in [-0.15, -0.1) is 0 Å². The second kappa shape index (κ2) is 9.56. The molecule has 9 heteroatoms. The molecule has 1 aliphatic heterocycles. The summed E-state index contributed by atoms with van der Waals surface area (Å²) >= 11 is 6.87. The molecule has 3 aromatic rings. The molecule has 0 radical (unpaired) electrons. The Balaban J connectivity index is 1.50. The molecule has 1 aliphatic rings. The molecule has 1 N–H and O–H groups in total. The number of para-hydroxylation sites is 1. The van der Waals surface area contributed by atoms with Gasteiger partial charge in [0.1, 0.15) is 6.54 Å². The molecule has 0 atom stereocenters. The Labute approximate surface area is 200 Å². The van der Waals surface area contributed by atoms with Crippen molar-refractivity contribution in [1.82, 2.24) is 9.47 Å². The summed E-state index contributed by atoms with van der Waals surface area (Å²) in [6.45, 7) is -0.389. The minimum atomic E-state index is -0.505. The highest BCUT2D eigenvalue weighted by Crippen LogP contribution is 2.33. The SMILES string of the molecule is CN(C)c1ccc(-n2cccc2/C=C2/SC(=O)N(CC(=O)Nc3ccccc3Cl)C2=O)cc1. The van der Waals surface area contributed by atoms with E-state index < -0.39 is 17.1 Å². The number of hydrogen-bond acceptors (Lipinski definition) is 5. The highest BCUT2D eigenvalue weighted by Gasteiger charge is 2.36. The van der Waals surface area contributed by atoms with Crippen molar-refractivity contribution in [3.8, 4) is 5.69 Å². The van der Waals surface area contributed by atoms with Gasteiger partial charge in [-0.05, 0) is 66.4 Å². The number of hydrogen-bond donors (Lipinski definition) is 1. The van der Waals surface area contributed by atoms with E-state index in [9.17, 15) is 14.4 Å².